The molecule has 0 heterocycles. The van der Waals surface area contributed by atoms with Gasteiger partial charge >= 0.3 is 0 Å². The van der Waals surface area contributed by atoms with Crippen molar-refractivity contribution in [3.63, 3.8) is 0 Å². The Morgan fingerprint density at radius 1 is 1.08 bits per heavy atom. The van der Waals surface area contributed by atoms with Crippen LogP contribution in [-0.4, -0.2) is 23.8 Å². The van der Waals surface area contributed by atoms with E-state index in [-0.39, 0.29) is 12.5 Å². The van der Waals surface area contributed by atoms with Gasteiger partial charge in [-0.15, -0.1) is 0 Å². The second kappa shape index (κ2) is 8.87. The van der Waals surface area contributed by atoms with Crippen LogP contribution in [0.5, 0.6) is 0 Å². The fraction of sp³-hybridized carbons (Fsp3) is 0.368. The van der Waals surface area contributed by atoms with Crippen molar-refractivity contribution in [3.8, 4) is 0 Å². The van der Waals surface area contributed by atoms with E-state index in [1.165, 1.54) is 12.1 Å². The van der Waals surface area contributed by atoms with Crippen LogP contribution in [0.25, 0.3) is 0 Å². The Bertz CT molecular complexity index is 616. The van der Waals surface area contributed by atoms with Crippen LogP contribution in [0.4, 0.5) is 8.78 Å². The first-order chi connectivity index (χ1) is 11.5. The highest BCUT2D eigenvalue weighted by Gasteiger charge is 2.18. The molecule has 0 aliphatic rings. The molecule has 0 unspecified atom stereocenters. The van der Waals surface area contributed by atoms with E-state index in [1.807, 2.05) is 30.3 Å². The quantitative estimate of drug-likeness (QED) is 0.696. The van der Waals surface area contributed by atoms with Crippen molar-refractivity contribution in [1.82, 2.24) is 5.32 Å². The minimum atomic E-state index is -0.811. The van der Waals surface area contributed by atoms with Gasteiger partial charge in [-0.2, -0.15) is 0 Å². The van der Waals surface area contributed by atoms with Crippen molar-refractivity contribution in [2.45, 2.75) is 38.0 Å². The van der Waals surface area contributed by atoms with Crippen LogP contribution in [0.1, 0.15) is 30.5 Å². The number of halogens is 2. The summed E-state index contributed by atoms with van der Waals surface area (Å²) >= 11 is 0. The Labute approximate surface area is 141 Å². The molecule has 0 spiro atoms. The number of rotatable bonds is 8. The van der Waals surface area contributed by atoms with Crippen LogP contribution in [0.3, 0.4) is 0 Å². The molecule has 2 rings (SSSR count). The van der Waals surface area contributed by atoms with Crippen LogP contribution in [-0.2, 0) is 6.42 Å². The normalized spacial score (nSPS) is 15.0. The molecule has 2 aromatic rings. The van der Waals surface area contributed by atoms with Crippen molar-refractivity contribution < 1.29 is 13.9 Å². The average molecular weight is 334 g/mol. The van der Waals surface area contributed by atoms with E-state index in [1.54, 1.807) is 0 Å². The second-order valence-electron chi connectivity index (χ2n) is 5.99. The van der Waals surface area contributed by atoms with Gasteiger partial charge in [-0.1, -0.05) is 37.3 Å². The maximum atomic E-state index is 13.2. The van der Waals surface area contributed by atoms with Crippen molar-refractivity contribution in [2.75, 3.05) is 6.54 Å². The molecule has 0 aromatic heterocycles. The molecule has 0 bridgehead atoms. The fourth-order valence-electron chi connectivity index (χ4n) is 2.73. The molecule has 4 N–H and O–H groups in total. The molecule has 0 saturated carbocycles. The summed E-state index contributed by atoms with van der Waals surface area (Å²) in [5, 5.41) is 13.5. The third kappa shape index (κ3) is 5.37. The Morgan fingerprint density at radius 2 is 1.71 bits per heavy atom. The molecule has 0 aliphatic carbocycles. The van der Waals surface area contributed by atoms with Crippen LogP contribution >= 0.6 is 0 Å². The van der Waals surface area contributed by atoms with Gasteiger partial charge < -0.3 is 16.2 Å². The van der Waals surface area contributed by atoms with Gasteiger partial charge in [0.1, 0.15) is 11.6 Å². The Morgan fingerprint density at radius 3 is 2.29 bits per heavy atom. The Kier molecular flexibility index (Phi) is 6.85. The van der Waals surface area contributed by atoms with E-state index >= 15 is 0 Å². The summed E-state index contributed by atoms with van der Waals surface area (Å²) in [5.41, 5.74) is 7.57. The zero-order chi connectivity index (χ0) is 17.5. The van der Waals surface area contributed by atoms with Crippen LogP contribution < -0.4 is 11.1 Å². The molecule has 0 radical (unpaired) electrons. The predicted molar refractivity (Wildman–Crippen MR) is 91.5 cm³/mol. The summed E-state index contributed by atoms with van der Waals surface area (Å²) in [6.07, 6.45) is 0.273. The molecule has 24 heavy (non-hydrogen) atoms. The lowest BCUT2D eigenvalue weighted by Gasteiger charge is -2.23. The minimum absolute atomic E-state index is 0.125. The third-order valence-corrected chi connectivity index (χ3v) is 4.07. The topological polar surface area (TPSA) is 58.3 Å². The highest BCUT2D eigenvalue weighted by molar-refractivity contribution is 5.20. The molecule has 3 nitrogen and oxygen atoms in total. The lowest BCUT2D eigenvalue weighted by atomic mass is 10.0. The largest absolute Gasteiger partial charge is 0.390 e. The van der Waals surface area contributed by atoms with Gasteiger partial charge in [0.15, 0.2) is 0 Å². The first kappa shape index (κ1) is 18.5. The van der Waals surface area contributed by atoms with E-state index in [0.29, 0.717) is 12.1 Å². The molecule has 5 heteroatoms. The first-order valence-corrected chi connectivity index (χ1v) is 8.16. The molecule has 2 aromatic carbocycles. The van der Waals surface area contributed by atoms with E-state index < -0.39 is 23.8 Å². The minimum Gasteiger partial charge on any atom is -0.390 e. The van der Waals surface area contributed by atoms with Crippen LogP contribution in [0, 0.1) is 11.6 Å². The predicted octanol–water partition coefficient (Wildman–Crippen LogP) is 2.94. The summed E-state index contributed by atoms with van der Waals surface area (Å²) in [6.45, 7) is 2.37. The molecule has 0 aliphatic heterocycles. The number of aliphatic hydroxyl groups is 1. The highest BCUT2D eigenvalue weighted by Crippen LogP contribution is 2.16. The van der Waals surface area contributed by atoms with Gasteiger partial charge in [0.25, 0.3) is 0 Å². The van der Waals surface area contributed by atoms with E-state index in [4.69, 9.17) is 5.73 Å². The number of benzene rings is 2. The number of hydrogen-bond donors (Lipinski definition) is 3. The third-order valence-electron chi connectivity index (χ3n) is 4.07. The van der Waals surface area contributed by atoms with Gasteiger partial charge in [-0.3, -0.25) is 0 Å². The van der Waals surface area contributed by atoms with Gasteiger partial charge in [0.05, 0.1) is 6.10 Å². The molecule has 0 fully saturated rings. The summed E-state index contributed by atoms with van der Waals surface area (Å²) in [4.78, 5) is 0. The van der Waals surface area contributed by atoms with Crippen molar-refractivity contribution in [2.24, 2.45) is 5.73 Å². The second-order valence-corrected chi connectivity index (χ2v) is 5.99. The molecule has 0 amide bonds. The highest BCUT2D eigenvalue weighted by atomic mass is 19.1. The van der Waals surface area contributed by atoms with Crippen molar-refractivity contribution in [3.05, 3.63) is 71.3 Å². The molecular weight excluding hydrogens is 310 g/mol. The summed E-state index contributed by atoms with van der Waals surface area (Å²) in [7, 11) is 0. The van der Waals surface area contributed by atoms with Crippen molar-refractivity contribution >= 4 is 0 Å². The van der Waals surface area contributed by atoms with E-state index in [9.17, 15) is 13.9 Å². The van der Waals surface area contributed by atoms with Crippen LogP contribution in [0.15, 0.2) is 48.5 Å². The maximum absolute atomic E-state index is 13.2. The molecule has 130 valence electrons. The Balaban J connectivity index is 1.90. The summed E-state index contributed by atoms with van der Waals surface area (Å²) in [6, 6.07) is 12.8. The Hall–Kier alpha value is -1.82. The number of aliphatic hydroxyl groups excluding tert-OH is 1. The summed E-state index contributed by atoms with van der Waals surface area (Å²) in [5.74, 6) is -1.28. The standard InChI is InChI=1S/C19H24F2N2O/c1-2-18(14-6-4-3-5-7-14)23-12-19(24)17(22)10-13-8-15(20)11-16(21)9-13/h3-9,11,17-19,23-24H,2,10,12,22H2,1H3/t17-,18-,19+/m0/s1. The first-order valence-electron chi connectivity index (χ1n) is 8.16. The summed E-state index contributed by atoms with van der Waals surface area (Å²) < 4.78 is 26.4. The average Bonchev–Trinajstić information content (AvgIpc) is 2.55. The lowest BCUT2D eigenvalue weighted by Crippen LogP contribution is -2.43. The van der Waals surface area contributed by atoms with Crippen molar-refractivity contribution in [1.29, 1.82) is 0 Å². The number of nitrogens with one attached hydrogen (secondary N) is 1. The van der Waals surface area contributed by atoms with Gasteiger partial charge in [0.2, 0.25) is 0 Å². The monoisotopic (exact) mass is 334 g/mol. The smallest absolute Gasteiger partial charge is 0.126 e. The SMILES string of the molecule is CC[C@H](NC[C@@H](O)[C@@H](N)Cc1cc(F)cc(F)c1)c1ccccc1. The number of hydrogen-bond acceptors (Lipinski definition) is 3. The zero-order valence-electron chi connectivity index (χ0n) is 13.8. The molecular formula is C19H24F2N2O. The number of nitrogens with two attached hydrogens (primary N) is 1. The zero-order valence-corrected chi connectivity index (χ0v) is 13.8. The van der Waals surface area contributed by atoms with Gasteiger partial charge in [-0.05, 0) is 36.1 Å². The fourth-order valence-corrected chi connectivity index (χ4v) is 2.73. The maximum Gasteiger partial charge on any atom is 0.126 e. The molecule has 0 saturated heterocycles. The van der Waals surface area contributed by atoms with E-state index in [0.717, 1.165) is 18.1 Å². The van der Waals surface area contributed by atoms with Gasteiger partial charge in [0, 0.05) is 24.7 Å². The lowest BCUT2D eigenvalue weighted by molar-refractivity contribution is 0.137. The molecule has 3 atom stereocenters. The van der Waals surface area contributed by atoms with Gasteiger partial charge in [-0.25, -0.2) is 8.78 Å². The van der Waals surface area contributed by atoms with E-state index in [2.05, 4.69) is 12.2 Å². The van der Waals surface area contributed by atoms with Crippen LogP contribution in [0.2, 0.25) is 0 Å².